The van der Waals surface area contributed by atoms with Crippen molar-refractivity contribution in [2.45, 2.75) is 6.18 Å². The Morgan fingerprint density at radius 2 is 1.74 bits per heavy atom. The number of carboxylic acid groups (broad SMARTS) is 1. The predicted molar refractivity (Wildman–Crippen MR) is 121 cm³/mol. The highest BCUT2D eigenvalue weighted by Gasteiger charge is 2.30. The first kappa shape index (κ1) is 23.6. The molecule has 0 spiro atoms. The molecular weight excluding hydrogens is 465 g/mol. The lowest BCUT2D eigenvalue weighted by molar-refractivity contribution is -0.137. The first-order valence-corrected chi connectivity index (χ1v) is 10.1. The Hall–Kier alpha value is -4.60. The molecule has 1 aromatic heterocycles. The number of carbonyl (C=O) groups is 2. The van der Waals surface area contributed by atoms with Crippen molar-refractivity contribution in [2.24, 2.45) is 4.99 Å². The number of halogens is 3. The zero-order valence-electron chi connectivity index (χ0n) is 18.1. The average Bonchev–Trinajstić information content (AvgIpc) is 2.83. The van der Waals surface area contributed by atoms with Gasteiger partial charge in [-0.15, -0.1) is 0 Å². The van der Waals surface area contributed by atoms with Gasteiger partial charge in [-0.2, -0.15) is 13.2 Å². The number of nitrogens with one attached hydrogen (secondary N) is 1. The SMILES string of the molecule is COc1ccc2cc(C(=O)Nc3cccc(C(F)(F)F)c3)c(=Nc3ccc(C(=O)O)cc3)oc2c1. The molecule has 4 rings (SSSR count). The van der Waals surface area contributed by atoms with E-state index in [1.807, 2.05) is 0 Å². The molecule has 0 radical (unpaired) electrons. The zero-order valence-corrected chi connectivity index (χ0v) is 18.1. The average molecular weight is 482 g/mol. The third-order valence-corrected chi connectivity index (χ3v) is 4.99. The maximum Gasteiger partial charge on any atom is 0.416 e. The van der Waals surface area contributed by atoms with E-state index >= 15 is 0 Å². The second kappa shape index (κ2) is 9.34. The van der Waals surface area contributed by atoms with Crippen molar-refractivity contribution in [3.05, 3.63) is 95.0 Å². The minimum atomic E-state index is -4.57. The van der Waals surface area contributed by atoms with Gasteiger partial charge in [-0.25, -0.2) is 9.79 Å². The van der Waals surface area contributed by atoms with Crippen molar-refractivity contribution in [3.8, 4) is 5.75 Å². The second-order valence-electron chi connectivity index (χ2n) is 7.37. The summed E-state index contributed by atoms with van der Waals surface area (Å²) in [4.78, 5) is 28.5. The highest BCUT2D eigenvalue weighted by Crippen LogP contribution is 2.31. The molecule has 0 saturated heterocycles. The first-order valence-electron chi connectivity index (χ1n) is 10.1. The topological polar surface area (TPSA) is 101 Å². The van der Waals surface area contributed by atoms with Crippen molar-refractivity contribution in [2.75, 3.05) is 12.4 Å². The predicted octanol–water partition coefficient (Wildman–Crippen LogP) is 5.64. The number of carbonyl (C=O) groups excluding carboxylic acids is 1. The fourth-order valence-corrected chi connectivity index (χ4v) is 3.24. The zero-order chi connectivity index (χ0) is 25.2. The van der Waals surface area contributed by atoms with E-state index in [1.54, 1.807) is 18.2 Å². The molecule has 35 heavy (non-hydrogen) atoms. The van der Waals surface area contributed by atoms with Gasteiger partial charge in [-0.1, -0.05) is 6.07 Å². The standard InChI is InChI=1S/C25H17F3N2O5/c1-34-19-10-7-15-11-20(22(31)29-18-4-2-3-16(12-18)25(26,27)28)23(35-21(15)13-19)30-17-8-5-14(6-9-17)24(32)33/h2-13H,1H3,(H,29,31)(H,32,33). The van der Waals surface area contributed by atoms with Gasteiger partial charge in [0.1, 0.15) is 16.9 Å². The molecule has 4 aromatic rings. The Labute approximate surface area is 196 Å². The molecule has 0 fully saturated rings. The number of alkyl halides is 3. The molecule has 10 heteroatoms. The van der Waals surface area contributed by atoms with Crippen LogP contribution in [-0.4, -0.2) is 24.1 Å². The minimum absolute atomic E-state index is 0.0395. The van der Waals surface area contributed by atoms with Crippen LogP contribution in [0.5, 0.6) is 5.75 Å². The Balaban J connectivity index is 1.81. The summed E-state index contributed by atoms with van der Waals surface area (Å²) >= 11 is 0. The van der Waals surface area contributed by atoms with Crippen LogP contribution < -0.4 is 15.6 Å². The van der Waals surface area contributed by atoms with Crippen molar-refractivity contribution in [3.63, 3.8) is 0 Å². The van der Waals surface area contributed by atoms with E-state index in [9.17, 15) is 22.8 Å². The number of amides is 1. The number of rotatable bonds is 5. The van der Waals surface area contributed by atoms with E-state index in [2.05, 4.69) is 10.3 Å². The molecule has 1 amide bonds. The summed E-state index contributed by atoms with van der Waals surface area (Å²) in [6, 6.07) is 16.2. The van der Waals surface area contributed by atoms with Crippen molar-refractivity contribution < 1.29 is 37.0 Å². The molecule has 3 aromatic carbocycles. The van der Waals surface area contributed by atoms with Crippen molar-refractivity contribution >= 4 is 34.2 Å². The third kappa shape index (κ3) is 5.32. The van der Waals surface area contributed by atoms with Gasteiger partial charge in [-0.3, -0.25) is 4.79 Å². The van der Waals surface area contributed by atoms with E-state index in [-0.39, 0.29) is 22.4 Å². The fourth-order valence-electron chi connectivity index (χ4n) is 3.24. The molecule has 1 heterocycles. The van der Waals surface area contributed by atoms with Crippen LogP contribution in [0, 0.1) is 0 Å². The van der Waals surface area contributed by atoms with Crippen molar-refractivity contribution in [1.29, 1.82) is 0 Å². The minimum Gasteiger partial charge on any atom is -0.497 e. The number of anilines is 1. The first-order chi connectivity index (χ1) is 16.6. The van der Waals surface area contributed by atoms with Gasteiger partial charge in [0.05, 0.1) is 23.9 Å². The number of ether oxygens (including phenoxy) is 1. The molecule has 0 bridgehead atoms. The van der Waals surface area contributed by atoms with Crippen LogP contribution in [0.4, 0.5) is 24.5 Å². The molecule has 178 valence electrons. The van der Waals surface area contributed by atoms with Gasteiger partial charge in [0, 0.05) is 17.1 Å². The molecule has 2 N–H and O–H groups in total. The number of hydrogen-bond acceptors (Lipinski definition) is 5. The van der Waals surface area contributed by atoms with Crippen LogP contribution in [0.25, 0.3) is 11.0 Å². The molecule has 0 atom stereocenters. The number of aromatic carboxylic acids is 1. The van der Waals surface area contributed by atoms with Crippen LogP contribution in [0.2, 0.25) is 0 Å². The summed E-state index contributed by atoms with van der Waals surface area (Å²) in [7, 11) is 1.48. The molecule has 0 unspecified atom stereocenters. The molecule has 0 aliphatic heterocycles. The summed E-state index contributed by atoms with van der Waals surface area (Å²) in [5.41, 5.74) is -0.437. The lowest BCUT2D eigenvalue weighted by Crippen LogP contribution is -2.22. The number of carboxylic acids is 1. The molecule has 0 aliphatic carbocycles. The van der Waals surface area contributed by atoms with Crippen molar-refractivity contribution in [1.82, 2.24) is 0 Å². The van der Waals surface area contributed by atoms with E-state index in [1.165, 1.54) is 49.6 Å². The highest BCUT2D eigenvalue weighted by atomic mass is 19.4. The smallest absolute Gasteiger partial charge is 0.416 e. The number of nitrogens with zero attached hydrogens (tertiary/aromatic N) is 1. The van der Waals surface area contributed by atoms with Crippen LogP contribution in [-0.2, 0) is 6.18 Å². The molecule has 7 nitrogen and oxygen atoms in total. The molecular formula is C25H17F3N2O5. The van der Waals surface area contributed by atoms with Gasteiger partial charge in [0.25, 0.3) is 5.91 Å². The van der Waals surface area contributed by atoms with E-state index < -0.39 is 23.6 Å². The summed E-state index contributed by atoms with van der Waals surface area (Å²) in [6.45, 7) is 0. The number of benzene rings is 3. The summed E-state index contributed by atoms with van der Waals surface area (Å²) in [5, 5.41) is 12.1. The van der Waals surface area contributed by atoms with Gasteiger partial charge in [0.15, 0.2) is 0 Å². The largest absolute Gasteiger partial charge is 0.497 e. The Morgan fingerprint density at radius 3 is 2.40 bits per heavy atom. The summed E-state index contributed by atoms with van der Waals surface area (Å²) < 4.78 is 50.2. The van der Waals surface area contributed by atoms with E-state index in [4.69, 9.17) is 14.3 Å². The van der Waals surface area contributed by atoms with Crippen LogP contribution >= 0.6 is 0 Å². The van der Waals surface area contributed by atoms with Crippen LogP contribution in [0.15, 0.2) is 82.2 Å². The number of fused-ring (bicyclic) bond motifs is 1. The van der Waals surface area contributed by atoms with Gasteiger partial charge >= 0.3 is 12.1 Å². The van der Waals surface area contributed by atoms with Gasteiger partial charge in [0.2, 0.25) is 5.55 Å². The quantitative estimate of drug-likeness (QED) is 0.383. The lowest BCUT2D eigenvalue weighted by atomic mass is 10.1. The Morgan fingerprint density at radius 1 is 1.00 bits per heavy atom. The van der Waals surface area contributed by atoms with Gasteiger partial charge in [-0.05, 0) is 60.7 Å². The Kier molecular flexibility index (Phi) is 6.28. The summed E-state index contributed by atoms with van der Waals surface area (Å²) in [6.07, 6.45) is -4.57. The maximum absolute atomic E-state index is 13.1. The van der Waals surface area contributed by atoms with E-state index in [0.29, 0.717) is 22.4 Å². The number of methoxy groups -OCH3 is 1. The monoisotopic (exact) mass is 482 g/mol. The molecule has 0 saturated carbocycles. The normalized spacial score (nSPS) is 11.9. The Bertz CT molecular complexity index is 1490. The fraction of sp³-hybridized carbons (Fsp3) is 0.0800. The second-order valence-corrected chi connectivity index (χ2v) is 7.37. The van der Waals surface area contributed by atoms with Crippen LogP contribution in [0.3, 0.4) is 0 Å². The van der Waals surface area contributed by atoms with Gasteiger partial charge < -0.3 is 19.6 Å². The molecule has 0 aliphatic rings. The maximum atomic E-state index is 13.1. The number of hydrogen-bond donors (Lipinski definition) is 2. The highest BCUT2D eigenvalue weighted by molar-refractivity contribution is 6.05. The van der Waals surface area contributed by atoms with E-state index in [0.717, 1.165) is 12.1 Å². The summed E-state index contributed by atoms with van der Waals surface area (Å²) in [5.74, 6) is -1.36. The third-order valence-electron chi connectivity index (χ3n) is 4.99. The van der Waals surface area contributed by atoms with Crippen LogP contribution in [0.1, 0.15) is 26.3 Å². The lowest BCUT2D eigenvalue weighted by Gasteiger charge is -2.10.